The molecule has 0 radical (unpaired) electrons. The molecule has 0 aliphatic heterocycles. The summed E-state index contributed by atoms with van der Waals surface area (Å²) in [6, 6.07) is 17.5. The third-order valence-electron chi connectivity index (χ3n) is 3.72. The van der Waals surface area contributed by atoms with Crippen LogP contribution in [0, 0.1) is 22.7 Å². The lowest BCUT2D eigenvalue weighted by Gasteiger charge is -2.11. The Kier molecular flexibility index (Phi) is 5.06. The van der Waals surface area contributed by atoms with Gasteiger partial charge in [-0.25, -0.2) is 0 Å². The van der Waals surface area contributed by atoms with Crippen LogP contribution in [-0.2, 0) is 0 Å². The molecule has 0 saturated heterocycles. The number of carbonyl (C=O) groups is 1. The molecule has 27 heavy (non-hydrogen) atoms. The first-order chi connectivity index (χ1) is 13.1. The largest absolute Gasteiger partial charge is 0.494 e. The van der Waals surface area contributed by atoms with E-state index < -0.39 is 5.91 Å². The fraction of sp³-hybridized carbons (Fsp3) is 0.0500. The van der Waals surface area contributed by atoms with Gasteiger partial charge in [-0.2, -0.15) is 10.5 Å². The van der Waals surface area contributed by atoms with Gasteiger partial charge in [-0.3, -0.25) is 4.79 Å². The van der Waals surface area contributed by atoms with Gasteiger partial charge < -0.3 is 19.8 Å². The van der Waals surface area contributed by atoms with Crippen molar-refractivity contribution in [1.82, 2.24) is 0 Å². The molecule has 2 aromatic carbocycles. The number of rotatable bonds is 5. The Morgan fingerprint density at radius 1 is 1.15 bits per heavy atom. The summed E-state index contributed by atoms with van der Waals surface area (Å²) in [4.78, 5) is 12.5. The first-order valence-corrected chi connectivity index (χ1v) is 7.89. The molecule has 132 valence electrons. The maximum Gasteiger partial charge on any atom is 0.291 e. The number of benzene rings is 2. The topological polar surface area (TPSA) is 111 Å². The van der Waals surface area contributed by atoms with E-state index in [0.717, 1.165) is 5.39 Å². The van der Waals surface area contributed by atoms with Crippen LogP contribution < -0.4 is 15.4 Å². The summed E-state index contributed by atoms with van der Waals surface area (Å²) in [7, 11) is 1.47. The number of amides is 1. The number of allylic oxidation sites excluding steroid dienone is 1. The number of fused-ring (bicyclic) bond motifs is 1. The van der Waals surface area contributed by atoms with Gasteiger partial charge in [0.25, 0.3) is 5.91 Å². The Morgan fingerprint density at radius 3 is 2.63 bits per heavy atom. The van der Waals surface area contributed by atoms with Gasteiger partial charge in [-0.05, 0) is 24.3 Å². The van der Waals surface area contributed by atoms with Gasteiger partial charge in [0.05, 0.1) is 12.8 Å². The van der Waals surface area contributed by atoms with Crippen LogP contribution in [-0.4, -0.2) is 13.0 Å². The number of nitrogens with one attached hydrogen (secondary N) is 2. The van der Waals surface area contributed by atoms with Crippen molar-refractivity contribution < 1.29 is 13.9 Å². The molecule has 0 saturated carbocycles. The second-order valence-corrected chi connectivity index (χ2v) is 5.44. The van der Waals surface area contributed by atoms with E-state index in [2.05, 4.69) is 10.6 Å². The molecule has 2 N–H and O–H groups in total. The molecule has 0 aliphatic carbocycles. The lowest BCUT2D eigenvalue weighted by atomic mass is 10.2. The Labute approximate surface area is 155 Å². The summed E-state index contributed by atoms with van der Waals surface area (Å²) in [5, 5.41) is 23.9. The monoisotopic (exact) mass is 358 g/mol. The number of anilines is 2. The quantitative estimate of drug-likeness (QED) is 0.666. The van der Waals surface area contributed by atoms with Crippen LogP contribution >= 0.6 is 0 Å². The standard InChI is InChI=1S/C20H14N4O3/c1-26-18-9-15(23-12-13(10-21)11-22)6-7-16(18)24-20(25)19-8-14-4-2-3-5-17(14)27-19/h2-9,12,23H,1H3,(H,24,25). The molecule has 0 fully saturated rings. The average molecular weight is 358 g/mol. The summed E-state index contributed by atoms with van der Waals surface area (Å²) in [5.41, 5.74) is 1.62. The second kappa shape index (κ2) is 7.77. The third-order valence-corrected chi connectivity index (χ3v) is 3.72. The van der Waals surface area contributed by atoms with Crippen molar-refractivity contribution in [3.05, 3.63) is 66.1 Å². The van der Waals surface area contributed by atoms with Crippen LogP contribution in [0.3, 0.4) is 0 Å². The van der Waals surface area contributed by atoms with Gasteiger partial charge in [0, 0.05) is 23.3 Å². The minimum atomic E-state index is -0.402. The van der Waals surface area contributed by atoms with E-state index in [1.807, 2.05) is 18.2 Å². The molecule has 3 rings (SSSR count). The van der Waals surface area contributed by atoms with Gasteiger partial charge in [-0.15, -0.1) is 0 Å². The molecular weight excluding hydrogens is 344 g/mol. The zero-order valence-electron chi connectivity index (χ0n) is 14.3. The molecule has 0 bridgehead atoms. The normalized spacial score (nSPS) is 9.74. The number of hydrogen-bond acceptors (Lipinski definition) is 6. The van der Waals surface area contributed by atoms with Crippen molar-refractivity contribution in [2.45, 2.75) is 0 Å². The van der Waals surface area contributed by atoms with Crippen LogP contribution in [0.15, 0.2) is 64.7 Å². The molecule has 3 aromatic rings. The number of nitrogens with zero attached hydrogens (tertiary/aromatic N) is 2. The van der Waals surface area contributed by atoms with E-state index >= 15 is 0 Å². The highest BCUT2D eigenvalue weighted by atomic mass is 16.5. The van der Waals surface area contributed by atoms with Gasteiger partial charge in [0.15, 0.2) is 5.76 Å². The SMILES string of the molecule is COc1cc(NC=C(C#N)C#N)ccc1NC(=O)c1cc2ccccc2o1. The van der Waals surface area contributed by atoms with E-state index in [9.17, 15) is 4.79 Å². The molecule has 1 heterocycles. The van der Waals surface area contributed by atoms with E-state index in [-0.39, 0.29) is 11.3 Å². The Balaban J connectivity index is 1.80. The Hall–Kier alpha value is -4.23. The number of carbonyl (C=O) groups excluding carboxylic acids is 1. The lowest BCUT2D eigenvalue weighted by molar-refractivity contribution is 0.0998. The van der Waals surface area contributed by atoms with Crippen molar-refractivity contribution in [2.24, 2.45) is 0 Å². The average Bonchev–Trinajstić information content (AvgIpc) is 3.14. The van der Waals surface area contributed by atoms with Crippen molar-refractivity contribution in [2.75, 3.05) is 17.7 Å². The van der Waals surface area contributed by atoms with Crippen molar-refractivity contribution in [1.29, 1.82) is 10.5 Å². The molecule has 0 atom stereocenters. The molecule has 7 heteroatoms. The van der Waals surface area contributed by atoms with Crippen molar-refractivity contribution in [3.8, 4) is 17.9 Å². The molecule has 1 aromatic heterocycles. The molecule has 0 aliphatic rings. The van der Waals surface area contributed by atoms with Crippen LogP contribution in [0.2, 0.25) is 0 Å². The summed E-state index contributed by atoms with van der Waals surface area (Å²) in [6.45, 7) is 0. The first kappa shape index (κ1) is 17.6. The summed E-state index contributed by atoms with van der Waals surface area (Å²) < 4.78 is 10.9. The Morgan fingerprint density at radius 2 is 1.93 bits per heavy atom. The highest BCUT2D eigenvalue weighted by Gasteiger charge is 2.14. The maximum atomic E-state index is 12.5. The number of nitriles is 2. The van der Waals surface area contributed by atoms with Gasteiger partial charge in [-0.1, -0.05) is 18.2 Å². The van der Waals surface area contributed by atoms with E-state index in [1.54, 1.807) is 42.5 Å². The summed E-state index contributed by atoms with van der Waals surface area (Å²) in [6.07, 6.45) is 1.29. The number of para-hydroxylation sites is 1. The number of methoxy groups -OCH3 is 1. The minimum absolute atomic E-state index is 0.0590. The van der Waals surface area contributed by atoms with Crippen molar-refractivity contribution >= 4 is 28.3 Å². The number of ether oxygens (including phenoxy) is 1. The zero-order chi connectivity index (χ0) is 19.2. The maximum absolute atomic E-state index is 12.5. The van der Waals surface area contributed by atoms with E-state index in [4.69, 9.17) is 19.7 Å². The predicted octanol–water partition coefficient (Wildman–Crippen LogP) is 4.04. The Bertz CT molecular complexity index is 1070. The minimum Gasteiger partial charge on any atom is -0.494 e. The third kappa shape index (κ3) is 3.89. The second-order valence-electron chi connectivity index (χ2n) is 5.44. The molecular formula is C20H14N4O3. The van der Waals surface area contributed by atoms with E-state index in [0.29, 0.717) is 22.7 Å². The van der Waals surface area contributed by atoms with E-state index in [1.165, 1.54) is 13.3 Å². The fourth-order valence-electron chi connectivity index (χ4n) is 2.41. The fourth-order valence-corrected chi connectivity index (χ4v) is 2.41. The van der Waals surface area contributed by atoms with Gasteiger partial charge >= 0.3 is 0 Å². The molecule has 1 amide bonds. The first-order valence-electron chi connectivity index (χ1n) is 7.89. The molecule has 0 unspecified atom stereocenters. The highest BCUT2D eigenvalue weighted by Crippen LogP contribution is 2.29. The molecule has 7 nitrogen and oxygen atoms in total. The summed E-state index contributed by atoms with van der Waals surface area (Å²) >= 11 is 0. The number of hydrogen-bond donors (Lipinski definition) is 2. The van der Waals surface area contributed by atoms with Crippen molar-refractivity contribution in [3.63, 3.8) is 0 Å². The summed E-state index contributed by atoms with van der Waals surface area (Å²) in [5.74, 6) is 0.200. The lowest BCUT2D eigenvalue weighted by Crippen LogP contribution is -2.11. The number of furan rings is 1. The zero-order valence-corrected chi connectivity index (χ0v) is 14.3. The van der Waals surface area contributed by atoms with Crippen LogP contribution in [0.1, 0.15) is 10.6 Å². The van der Waals surface area contributed by atoms with Crippen LogP contribution in [0.4, 0.5) is 11.4 Å². The van der Waals surface area contributed by atoms with Gasteiger partial charge in [0.2, 0.25) is 0 Å². The van der Waals surface area contributed by atoms with Gasteiger partial charge in [0.1, 0.15) is 29.0 Å². The predicted molar refractivity (Wildman–Crippen MR) is 100 cm³/mol. The smallest absolute Gasteiger partial charge is 0.291 e. The molecule has 0 spiro atoms. The van der Waals surface area contributed by atoms with Crippen LogP contribution in [0.25, 0.3) is 11.0 Å². The highest BCUT2D eigenvalue weighted by molar-refractivity contribution is 6.05. The van der Waals surface area contributed by atoms with Crippen LogP contribution in [0.5, 0.6) is 5.75 Å².